The Morgan fingerprint density at radius 1 is 1.14 bits per heavy atom. The molecule has 1 heterocycles. The van der Waals surface area contributed by atoms with Crippen LogP contribution in [0.2, 0.25) is 0 Å². The molecule has 0 aliphatic heterocycles. The number of aromatic amines is 1. The minimum atomic E-state index is -0.549. The average Bonchev–Trinajstić information content (AvgIpc) is 2.97. The van der Waals surface area contributed by atoms with Gasteiger partial charge in [-0.05, 0) is 13.0 Å². The molecule has 0 unspecified atom stereocenters. The lowest BCUT2D eigenvalue weighted by atomic mass is 10.1. The van der Waals surface area contributed by atoms with Crippen molar-refractivity contribution in [3.8, 4) is 0 Å². The summed E-state index contributed by atoms with van der Waals surface area (Å²) in [4.78, 5) is 20.1. The number of carbonyl (C=O) groups is 1. The molecule has 0 fully saturated rings. The van der Waals surface area contributed by atoms with Crippen molar-refractivity contribution in [2.45, 2.75) is 6.92 Å². The Bertz CT molecular complexity index is 848. The number of para-hydroxylation sites is 1. The zero-order valence-corrected chi connectivity index (χ0v) is 12.0. The molecule has 0 saturated heterocycles. The second-order valence-corrected chi connectivity index (χ2v) is 4.97. The van der Waals surface area contributed by atoms with Gasteiger partial charge in [0.2, 0.25) is 0 Å². The van der Waals surface area contributed by atoms with E-state index >= 15 is 0 Å². The molecule has 110 valence electrons. The van der Waals surface area contributed by atoms with Crippen LogP contribution in [0.1, 0.15) is 21.5 Å². The first-order valence-corrected chi connectivity index (χ1v) is 6.83. The normalized spacial score (nSPS) is 11.6. The van der Waals surface area contributed by atoms with Crippen molar-refractivity contribution < 1.29 is 9.63 Å². The van der Waals surface area contributed by atoms with E-state index in [9.17, 15) is 4.79 Å². The molecule has 0 amide bonds. The molecule has 0 saturated carbocycles. The number of aryl methyl sites for hydroxylation is 1. The largest absolute Gasteiger partial charge is 0.380 e. The standard InChI is InChI=1S/C17H15N3O2/c1-11-6-8-12(9-7-11)16(18)20-22-17(21)14-10-19-15-5-3-2-4-13(14)15/h2-10,19H,1H3,(H2,18,20). The molecule has 1 aromatic heterocycles. The summed E-state index contributed by atoms with van der Waals surface area (Å²) in [7, 11) is 0. The molecule has 5 heteroatoms. The van der Waals surface area contributed by atoms with Crippen molar-refractivity contribution in [2.24, 2.45) is 10.9 Å². The Morgan fingerprint density at radius 2 is 1.86 bits per heavy atom. The number of hydrogen-bond acceptors (Lipinski definition) is 3. The average molecular weight is 293 g/mol. The van der Waals surface area contributed by atoms with Gasteiger partial charge in [-0.25, -0.2) is 4.79 Å². The number of amidine groups is 1. The van der Waals surface area contributed by atoms with Crippen LogP contribution in [-0.2, 0) is 4.84 Å². The monoisotopic (exact) mass is 293 g/mol. The summed E-state index contributed by atoms with van der Waals surface area (Å²) in [6.07, 6.45) is 1.60. The Morgan fingerprint density at radius 3 is 2.64 bits per heavy atom. The molecule has 3 N–H and O–H groups in total. The van der Waals surface area contributed by atoms with Crippen LogP contribution in [0.25, 0.3) is 10.9 Å². The van der Waals surface area contributed by atoms with Crippen LogP contribution < -0.4 is 5.73 Å². The molecule has 0 bridgehead atoms. The van der Waals surface area contributed by atoms with Crippen LogP contribution in [-0.4, -0.2) is 16.8 Å². The zero-order chi connectivity index (χ0) is 15.5. The molecule has 3 rings (SSSR count). The third-order valence-corrected chi connectivity index (χ3v) is 3.38. The van der Waals surface area contributed by atoms with Gasteiger partial charge >= 0.3 is 5.97 Å². The van der Waals surface area contributed by atoms with E-state index in [1.54, 1.807) is 6.20 Å². The van der Waals surface area contributed by atoms with Gasteiger partial charge in [-0.3, -0.25) is 0 Å². The van der Waals surface area contributed by atoms with Gasteiger partial charge in [0.05, 0.1) is 5.56 Å². The fourth-order valence-electron chi connectivity index (χ4n) is 2.16. The lowest BCUT2D eigenvalue weighted by molar-refractivity contribution is 0.0518. The fraction of sp³-hybridized carbons (Fsp3) is 0.0588. The van der Waals surface area contributed by atoms with Gasteiger partial charge in [0.15, 0.2) is 5.84 Å². The quantitative estimate of drug-likeness (QED) is 0.337. The number of nitrogens with two attached hydrogens (primary N) is 1. The van der Waals surface area contributed by atoms with Crippen LogP contribution in [0.15, 0.2) is 59.9 Å². The maximum atomic E-state index is 12.1. The highest BCUT2D eigenvalue weighted by atomic mass is 16.7. The van der Waals surface area contributed by atoms with Crippen molar-refractivity contribution in [1.82, 2.24) is 4.98 Å². The van der Waals surface area contributed by atoms with Crippen LogP contribution in [0.5, 0.6) is 0 Å². The van der Waals surface area contributed by atoms with E-state index in [0.717, 1.165) is 16.5 Å². The minimum Gasteiger partial charge on any atom is -0.380 e. The summed E-state index contributed by atoms with van der Waals surface area (Å²) >= 11 is 0. The van der Waals surface area contributed by atoms with Gasteiger partial charge < -0.3 is 15.6 Å². The molecule has 0 aliphatic carbocycles. The molecular weight excluding hydrogens is 278 g/mol. The number of nitrogens with zero attached hydrogens (tertiary/aromatic N) is 1. The lowest BCUT2D eigenvalue weighted by Crippen LogP contribution is -2.15. The number of nitrogens with one attached hydrogen (secondary N) is 1. The summed E-state index contributed by atoms with van der Waals surface area (Å²) < 4.78 is 0. The van der Waals surface area contributed by atoms with Crippen LogP contribution in [0.3, 0.4) is 0 Å². The van der Waals surface area contributed by atoms with Crippen molar-refractivity contribution in [2.75, 3.05) is 0 Å². The summed E-state index contributed by atoms with van der Waals surface area (Å²) in [5.41, 5.74) is 8.94. The highest BCUT2D eigenvalue weighted by Crippen LogP contribution is 2.18. The number of aromatic nitrogens is 1. The Hall–Kier alpha value is -3.08. The van der Waals surface area contributed by atoms with Crippen molar-refractivity contribution in [1.29, 1.82) is 0 Å². The van der Waals surface area contributed by atoms with E-state index in [1.807, 2.05) is 55.5 Å². The van der Waals surface area contributed by atoms with E-state index in [1.165, 1.54) is 0 Å². The first kappa shape index (κ1) is 13.9. The molecule has 0 aliphatic rings. The predicted octanol–water partition coefficient (Wildman–Crippen LogP) is 2.95. The number of hydrogen-bond donors (Lipinski definition) is 2. The van der Waals surface area contributed by atoms with Gasteiger partial charge in [0, 0.05) is 22.7 Å². The second kappa shape index (κ2) is 5.73. The lowest BCUT2D eigenvalue weighted by Gasteiger charge is -2.01. The molecule has 2 aromatic carbocycles. The van der Waals surface area contributed by atoms with Gasteiger partial charge in [-0.15, -0.1) is 0 Å². The Labute approximate surface area is 127 Å². The summed E-state index contributed by atoms with van der Waals surface area (Å²) in [5.74, 6) is -0.388. The van der Waals surface area contributed by atoms with E-state index in [2.05, 4.69) is 10.1 Å². The third kappa shape index (κ3) is 2.69. The van der Waals surface area contributed by atoms with Crippen LogP contribution in [0.4, 0.5) is 0 Å². The second-order valence-electron chi connectivity index (χ2n) is 4.97. The first-order valence-electron chi connectivity index (χ1n) is 6.83. The smallest absolute Gasteiger partial charge is 0.367 e. The van der Waals surface area contributed by atoms with Crippen molar-refractivity contribution >= 4 is 22.7 Å². The summed E-state index contributed by atoms with van der Waals surface area (Å²) in [6.45, 7) is 1.98. The molecule has 5 nitrogen and oxygen atoms in total. The summed E-state index contributed by atoms with van der Waals surface area (Å²) in [6, 6.07) is 15.0. The van der Waals surface area contributed by atoms with E-state index in [-0.39, 0.29) is 5.84 Å². The number of fused-ring (bicyclic) bond motifs is 1. The van der Waals surface area contributed by atoms with Crippen molar-refractivity contribution in [3.05, 3.63) is 71.4 Å². The Balaban J connectivity index is 1.79. The maximum Gasteiger partial charge on any atom is 0.367 e. The fourth-order valence-corrected chi connectivity index (χ4v) is 2.16. The van der Waals surface area contributed by atoms with E-state index in [0.29, 0.717) is 11.1 Å². The molecule has 22 heavy (non-hydrogen) atoms. The van der Waals surface area contributed by atoms with E-state index < -0.39 is 5.97 Å². The number of oxime groups is 1. The molecular formula is C17H15N3O2. The first-order chi connectivity index (χ1) is 10.6. The zero-order valence-electron chi connectivity index (χ0n) is 12.0. The van der Waals surface area contributed by atoms with Gasteiger partial charge in [0.25, 0.3) is 0 Å². The van der Waals surface area contributed by atoms with Gasteiger partial charge in [-0.1, -0.05) is 53.2 Å². The third-order valence-electron chi connectivity index (χ3n) is 3.38. The highest BCUT2D eigenvalue weighted by Gasteiger charge is 2.13. The predicted molar refractivity (Wildman–Crippen MR) is 85.6 cm³/mol. The SMILES string of the molecule is Cc1ccc(/C(N)=N/OC(=O)c2c[nH]c3ccccc23)cc1. The highest BCUT2D eigenvalue weighted by molar-refractivity contribution is 6.04. The van der Waals surface area contributed by atoms with Crippen LogP contribution in [0, 0.1) is 6.92 Å². The number of rotatable bonds is 3. The van der Waals surface area contributed by atoms with Crippen LogP contribution >= 0.6 is 0 Å². The number of carbonyl (C=O) groups excluding carboxylic acids is 1. The maximum absolute atomic E-state index is 12.1. The number of H-pyrrole nitrogens is 1. The number of benzene rings is 2. The van der Waals surface area contributed by atoms with Crippen molar-refractivity contribution in [3.63, 3.8) is 0 Å². The molecule has 0 atom stereocenters. The van der Waals surface area contributed by atoms with Gasteiger partial charge in [0.1, 0.15) is 0 Å². The minimum absolute atomic E-state index is 0.160. The molecule has 0 spiro atoms. The Kier molecular flexibility index (Phi) is 3.62. The molecule has 0 radical (unpaired) electrons. The summed E-state index contributed by atoms with van der Waals surface area (Å²) in [5, 5.41) is 4.51. The molecule has 3 aromatic rings. The topological polar surface area (TPSA) is 80.5 Å². The van der Waals surface area contributed by atoms with E-state index in [4.69, 9.17) is 10.6 Å². The van der Waals surface area contributed by atoms with Gasteiger partial charge in [-0.2, -0.15) is 0 Å².